The highest BCUT2D eigenvalue weighted by Gasteiger charge is 2.10. The van der Waals surface area contributed by atoms with Crippen LogP contribution in [-0.2, 0) is 6.42 Å². The first kappa shape index (κ1) is 6.06. The van der Waals surface area contributed by atoms with Crippen molar-refractivity contribution in [3.8, 4) is 0 Å². The summed E-state index contributed by atoms with van der Waals surface area (Å²) in [5.74, 6) is 0. The zero-order chi connectivity index (χ0) is 7.97. The van der Waals surface area contributed by atoms with Crippen molar-refractivity contribution in [2.75, 3.05) is 0 Å². The number of allylic oxidation sites excluding steroid dienone is 1. The largest absolute Gasteiger partial charge is 0.464 e. The molecule has 1 nitrogen and oxygen atoms in total. The van der Waals surface area contributed by atoms with Crippen LogP contribution < -0.4 is 0 Å². The first-order valence-corrected chi connectivity index (χ1v) is 4.11. The van der Waals surface area contributed by atoms with Crippen molar-refractivity contribution in [2.24, 2.45) is 0 Å². The highest BCUT2D eigenvalue weighted by atomic mass is 16.3. The van der Waals surface area contributed by atoms with Crippen LogP contribution in [0.25, 0.3) is 17.0 Å². The third-order valence-electron chi connectivity index (χ3n) is 2.37. The Morgan fingerprint density at radius 2 is 2.17 bits per heavy atom. The Hall–Kier alpha value is -1.50. The first-order valence-electron chi connectivity index (χ1n) is 4.11. The Morgan fingerprint density at radius 1 is 1.17 bits per heavy atom. The van der Waals surface area contributed by atoms with Gasteiger partial charge in [-0.25, -0.2) is 0 Å². The topological polar surface area (TPSA) is 13.1 Å². The van der Waals surface area contributed by atoms with Crippen molar-refractivity contribution in [1.82, 2.24) is 0 Å². The summed E-state index contributed by atoms with van der Waals surface area (Å²) < 4.78 is 5.41. The zero-order valence-corrected chi connectivity index (χ0v) is 6.58. The molecule has 1 aliphatic rings. The number of hydrogen-bond acceptors (Lipinski definition) is 1. The van der Waals surface area contributed by atoms with E-state index in [9.17, 15) is 0 Å². The summed E-state index contributed by atoms with van der Waals surface area (Å²) in [5, 5.41) is 1.19. The smallest absolute Gasteiger partial charge is 0.141 e. The standard InChI is InChI=1S/C11H8O/c1-2-8-4-5-9-6-7-12-11(9)10(8)3-1/h1,3-7H,2H2. The minimum Gasteiger partial charge on any atom is -0.464 e. The molecule has 3 rings (SSSR count). The van der Waals surface area contributed by atoms with Crippen molar-refractivity contribution in [2.45, 2.75) is 6.42 Å². The lowest BCUT2D eigenvalue weighted by Gasteiger charge is -1.97. The second-order valence-corrected chi connectivity index (χ2v) is 3.08. The van der Waals surface area contributed by atoms with Gasteiger partial charge < -0.3 is 4.42 Å². The molecule has 0 N–H and O–H groups in total. The molecule has 0 aliphatic heterocycles. The molecular formula is C11H8O. The second-order valence-electron chi connectivity index (χ2n) is 3.08. The molecule has 58 valence electrons. The van der Waals surface area contributed by atoms with Gasteiger partial charge in [0.2, 0.25) is 0 Å². The van der Waals surface area contributed by atoms with Crippen molar-refractivity contribution in [3.05, 3.63) is 41.7 Å². The lowest BCUT2D eigenvalue weighted by molar-refractivity contribution is 0.615. The van der Waals surface area contributed by atoms with Crippen LogP contribution in [0.15, 0.2) is 35.0 Å². The number of furan rings is 1. The van der Waals surface area contributed by atoms with E-state index in [0.29, 0.717) is 0 Å². The van der Waals surface area contributed by atoms with Gasteiger partial charge in [-0.05, 0) is 18.1 Å². The normalized spacial score (nSPS) is 14.0. The maximum atomic E-state index is 5.41. The molecule has 0 amide bonds. The van der Waals surface area contributed by atoms with Crippen LogP contribution in [0.5, 0.6) is 0 Å². The van der Waals surface area contributed by atoms with Gasteiger partial charge in [0.15, 0.2) is 0 Å². The molecule has 0 saturated carbocycles. The summed E-state index contributed by atoms with van der Waals surface area (Å²) in [7, 11) is 0. The fraction of sp³-hybridized carbons (Fsp3) is 0.0909. The van der Waals surface area contributed by atoms with E-state index in [1.165, 1.54) is 16.5 Å². The average molecular weight is 156 g/mol. The van der Waals surface area contributed by atoms with Crippen LogP contribution in [0.2, 0.25) is 0 Å². The van der Waals surface area contributed by atoms with Crippen molar-refractivity contribution in [3.63, 3.8) is 0 Å². The molecular weight excluding hydrogens is 148 g/mol. The number of rotatable bonds is 0. The molecule has 1 aliphatic carbocycles. The van der Waals surface area contributed by atoms with Gasteiger partial charge in [-0.2, -0.15) is 0 Å². The van der Waals surface area contributed by atoms with Crippen LogP contribution in [0.3, 0.4) is 0 Å². The Bertz CT molecular complexity index is 463. The number of fused-ring (bicyclic) bond motifs is 3. The summed E-state index contributed by atoms with van der Waals surface area (Å²) >= 11 is 0. The van der Waals surface area contributed by atoms with Gasteiger partial charge in [-0.15, -0.1) is 0 Å². The van der Waals surface area contributed by atoms with Gasteiger partial charge in [0.25, 0.3) is 0 Å². The summed E-state index contributed by atoms with van der Waals surface area (Å²) in [5.41, 5.74) is 3.66. The Labute approximate surface area is 70.3 Å². The fourth-order valence-corrected chi connectivity index (χ4v) is 1.76. The van der Waals surface area contributed by atoms with Crippen LogP contribution in [0.1, 0.15) is 11.1 Å². The summed E-state index contributed by atoms with van der Waals surface area (Å²) in [6.45, 7) is 0. The summed E-state index contributed by atoms with van der Waals surface area (Å²) in [6, 6.07) is 6.29. The average Bonchev–Trinajstić information content (AvgIpc) is 2.71. The highest BCUT2D eigenvalue weighted by molar-refractivity contribution is 5.88. The fourth-order valence-electron chi connectivity index (χ4n) is 1.76. The van der Waals surface area contributed by atoms with Crippen LogP contribution in [0.4, 0.5) is 0 Å². The Balaban J connectivity index is 2.52. The molecule has 12 heavy (non-hydrogen) atoms. The van der Waals surface area contributed by atoms with Gasteiger partial charge in [-0.1, -0.05) is 24.3 Å². The first-order chi connectivity index (χ1) is 5.95. The van der Waals surface area contributed by atoms with Crippen molar-refractivity contribution < 1.29 is 4.42 Å². The molecule has 0 unspecified atom stereocenters. The van der Waals surface area contributed by atoms with Gasteiger partial charge in [-0.3, -0.25) is 0 Å². The van der Waals surface area contributed by atoms with E-state index >= 15 is 0 Å². The lowest BCUT2D eigenvalue weighted by Crippen LogP contribution is -1.80. The summed E-state index contributed by atoms with van der Waals surface area (Å²) in [4.78, 5) is 0. The van der Waals surface area contributed by atoms with E-state index in [1.54, 1.807) is 6.26 Å². The molecule has 1 heteroatoms. The van der Waals surface area contributed by atoms with E-state index in [4.69, 9.17) is 4.42 Å². The third-order valence-corrected chi connectivity index (χ3v) is 2.37. The van der Waals surface area contributed by atoms with Gasteiger partial charge in [0, 0.05) is 10.9 Å². The van der Waals surface area contributed by atoms with Crippen molar-refractivity contribution >= 4 is 17.0 Å². The van der Waals surface area contributed by atoms with E-state index in [-0.39, 0.29) is 0 Å². The molecule has 0 radical (unpaired) electrons. The van der Waals surface area contributed by atoms with Gasteiger partial charge >= 0.3 is 0 Å². The molecule has 2 aromatic rings. The van der Waals surface area contributed by atoms with Crippen LogP contribution in [-0.4, -0.2) is 0 Å². The van der Waals surface area contributed by atoms with Gasteiger partial charge in [0.1, 0.15) is 5.58 Å². The third kappa shape index (κ3) is 0.632. The number of benzene rings is 1. The number of hydrogen-bond donors (Lipinski definition) is 0. The van der Waals surface area contributed by atoms with Gasteiger partial charge in [0.05, 0.1) is 6.26 Å². The monoisotopic (exact) mass is 156 g/mol. The highest BCUT2D eigenvalue weighted by Crippen LogP contribution is 2.28. The maximum Gasteiger partial charge on any atom is 0.141 e. The SMILES string of the molecule is C1=Cc2c(ccc3ccoc23)C1. The second kappa shape index (κ2) is 2.01. The van der Waals surface area contributed by atoms with E-state index in [0.717, 1.165) is 12.0 Å². The molecule has 0 atom stereocenters. The van der Waals surface area contributed by atoms with E-state index in [1.807, 2.05) is 6.07 Å². The van der Waals surface area contributed by atoms with E-state index in [2.05, 4.69) is 24.3 Å². The predicted octanol–water partition coefficient (Wildman–Crippen LogP) is 3.00. The predicted molar refractivity (Wildman–Crippen MR) is 49.0 cm³/mol. The van der Waals surface area contributed by atoms with Crippen LogP contribution in [0, 0.1) is 0 Å². The molecule has 0 bridgehead atoms. The van der Waals surface area contributed by atoms with Crippen molar-refractivity contribution in [1.29, 1.82) is 0 Å². The maximum absolute atomic E-state index is 5.41. The minimum atomic E-state index is 1.03. The molecule has 1 aromatic carbocycles. The molecule has 1 aromatic heterocycles. The molecule has 0 spiro atoms. The quantitative estimate of drug-likeness (QED) is 0.571. The zero-order valence-electron chi connectivity index (χ0n) is 6.58. The lowest BCUT2D eigenvalue weighted by atomic mass is 10.1. The Kier molecular flexibility index (Phi) is 1.01. The molecule has 1 heterocycles. The Morgan fingerprint density at radius 3 is 3.17 bits per heavy atom. The minimum absolute atomic E-state index is 1.03. The molecule has 0 fully saturated rings. The van der Waals surface area contributed by atoms with Crippen LogP contribution >= 0.6 is 0 Å². The van der Waals surface area contributed by atoms with E-state index < -0.39 is 0 Å². The molecule has 0 saturated heterocycles. The summed E-state index contributed by atoms with van der Waals surface area (Å²) in [6.07, 6.45) is 7.11.